The highest BCUT2D eigenvalue weighted by molar-refractivity contribution is 7.80. The molecule has 0 saturated carbocycles. The molecule has 62 heavy (non-hydrogen) atoms. The second-order valence-electron chi connectivity index (χ2n) is 15.9. The molecule has 2 heterocycles. The van der Waals surface area contributed by atoms with Gasteiger partial charge in [0.25, 0.3) is 0 Å². The lowest BCUT2D eigenvalue weighted by atomic mass is 10.0. The Balaban J connectivity index is 1.37. The summed E-state index contributed by atoms with van der Waals surface area (Å²) >= 11 is 0. The quantitative estimate of drug-likeness (QED) is 0.121. The number of ether oxygens (including phenoxy) is 6. The summed E-state index contributed by atoms with van der Waals surface area (Å²) in [5.41, 5.74) is 1.70. The van der Waals surface area contributed by atoms with Crippen molar-refractivity contribution >= 4 is 47.7 Å². The van der Waals surface area contributed by atoms with Crippen LogP contribution < -0.4 is 60.2 Å². The molecule has 0 radical (unpaired) electrons. The van der Waals surface area contributed by atoms with Gasteiger partial charge in [0, 0.05) is 49.4 Å². The molecule has 0 saturated heterocycles. The van der Waals surface area contributed by atoms with Gasteiger partial charge in [-0.2, -0.15) is 0 Å². The van der Waals surface area contributed by atoms with Crippen molar-refractivity contribution in [2.75, 3.05) is 0 Å². The fourth-order valence-corrected chi connectivity index (χ4v) is 13.0. The van der Waals surface area contributed by atoms with Crippen LogP contribution in [-0.2, 0) is 0 Å². The number of benzene rings is 8. The molecule has 6 nitrogen and oxygen atoms in total. The van der Waals surface area contributed by atoms with Crippen molar-refractivity contribution < 1.29 is 28.4 Å². The van der Waals surface area contributed by atoms with Crippen LogP contribution >= 0.6 is 15.8 Å². The van der Waals surface area contributed by atoms with Gasteiger partial charge in [0.1, 0.15) is 11.5 Å². The third-order valence-corrected chi connectivity index (χ3v) is 15.4. The maximum absolute atomic E-state index is 7.09. The number of hydrogen-bond acceptors (Lipinski definition) is 6. The van der Waals surface area contributed by atoms with Crippen molar-refractivity contribution in [3.05, 3.63) is 194 Å². The zero-order valence-electron chi connectivity index (χ0n) is 34.8. The predicted octanol–water partition coefficient (Wildman–Crippen LogP) is 11.5. The van der Waals surface area contributed by atoms with Gasteiger partial charge in [-0.1, -0.05) is 158 Å². The van der Waals surface area contributed by atoms with Crippen LogP contribution in [0.1, 0.15) is 27.7 Å². The maximum Gasteiger partial charge on any atom is 0.246 e. The first-order valence-corrected chi connectivity index (χ1v) is 23.3. The van der Waals surface area contributed by atoms with Crippen LogP contribution in [0.5, 0.6) is 46.0 Å². The standard InChI is InChI=1S/C54H44O6P2/c1-53(2)57-49-43(55-37-23-11-5-12-24-37)35-45(61(39-27-15-7-16-28-39)40-29-17-8-18-30-40)47(51(49)59-53)48-46(62(41-31-19-9-20-32-41)42-33-21-10-22-34-42)36-44(56-38-25-13-6-14-26-38)50-52(48)60-54(3,4)58-50/h5-36H,1-4H3. The minimum absolute atomic E-state index is 0.514. The molecule has 0 amide bonds. The molecule has 0 aromatic heterocycles. The van der Waals surface area contributed by atoms with Crippen molar-refractivity contribution in [1.29, 1.82) is 0 Å². The molecule has 0 aliphatic carbocycles. The lowest BCUT2D eigenvalue weighted by Crippen LogP contribution is -2.31. The van der Waals surface area contributed by atoms with E-state index in [2.05, 4.69) is 133 Å². The first-order chi connectivity index (χ1) is 30.2. The molecule has 0 fully saturated rings. The Bertz CT molecular complexity index is 2560. The van der Waals surface area contributed by atoms with E-state index in [4.69, 9.17) is 28.4 Å². The zero-order chi connectivity index (χ0) is 42.3. The fraction of sp³-hybridized carbons (Fsp3) is 0.111. The summed E-state index contributed by atoms with van der Waals surface area (Å²) < 4.78 is 41.5. The van der Waals surface area contributed by atoms with Gasteiger partial charge in [-0.15, -0.1) is 0 Å². The Morgan fingerprint density at radius 3 is 0.887 bits per heavy atom. The highest BCUT2D eigenvalue weighted by Gasteiger charge is 2.45. The van der Waals surface area contributed by atoms with Crippen LogP contribution in [-0.4, -0.2) is 11.6 Å². The van der Waals surface area contributed by atoms with Crippen LogP contribution in [0.15, 0.2) is 194 Å². The molecule has 0 N–H and O–H groups in total. The molecule has 306 valence electrons. The highest BCUT2D eigenvalue weighted by Crippen LogP contribution is 2.61. The Hall–Kier alpha value is -6.58. The Kier molecular flexibility index (Phi) is 10.4. The van der Waals surface area contributed by atoms with Crippen molar-refractivity contribution in [2.24, 2.45) is 0 Å². The second kappa shape index (κ2) is 16.4. The summed E-state index contributed by atoms with van der Waals surface area (Å²) in [6.07, 6.45) is 0. The van der Waals surface area contributed by atoms with E-state index < -0.39 is 27.4 Å². The van der Waals surface area contributed by atoms with Gasteiger partial charge in [0.05, 0.1) is 0 Å². The van der Waals surface area contributed by atoms with Gasteiger partial charge in [-0.05, 0) is 73.5 Å². The Labute approximate surface area is 365 Å². The van der Waals surface area contributed by atoms with E-state index in [1.165, 1.54) is 0 Å². The van der Waals surface area contributed by atoms with Crippen LogP contribution in [0.3, 0.4) is 0 Å². The number of hydrogen-bond donors (Lipinski definition) is 0. The maximum atomic E-state index is 7.09. The molecule has 0 spiro atoms. The van der Waals surface area contributed by atoms with E-state index in [0.29, 0.717) is 46.0 Å². The van der Waals surface area contributed by atoms with Gasteiger partial charge in [-0.3, -0.25) is 0 Å². The van der Waals surface area contributed by atoms with E-state index in [0.717, 1.165) is 43.0 Å². The van der Waals surface area contributed by atoms with Crippen molar-refractivity contribution in [1.82, 2.24) is 0 Å². The largest absolute Gasteiger partial charge is 0.453 e. The van der Waals surface area contributed by atoms with Gasteiger partial charge in [-0.25, -0.2) is 0 Å². The average Bonchev–Trinajstić information content (AvgIpc) is 3.81. The first kappa shape index (κ1) is 39.5. The van der Waals surface area contributed by atoms with Gasteiger partial charge < -0.3 is 28.4 Å². The summed E-state index contributed by atoms with van der Waals surface area (Å²) in [6, 6.07) is 66.7. The van der Waals surface area contributed by atoms with Crippen LogP contribution in [0.2, 0.25) is 0 Å². The molecule has 0 atom stereocenters. The summed E-state index contributed by atoms with van der Waals surface area (Å²) in [6.45, 7) is 7.74. The van der Waals surface area contributed by atoms with E-state index in [-0.39, 0.29) is 0 Å². The van der Waals surface area contributed by atoms with Gasteiger partial charge in [0.15, 0.2) is 23.0 Å². The summed E-state index contributed by atoms with van der Waals surface area (Å²) in [4.78, 5) is 0. The van der Waals surface area contributed by atoms with E-state index in [9.17, 15) is 0 Å². The summed E-state index contributed by atoms with van der Waals surface area (Å²) in [7, 11) is -2.55. The lowest BCUT2D eigenvalue weighted by molar-refractivity contribution is -0.0448. The van der Waals surface area contributed by atoms with E-state index >= 15 is 0 Å². The average molecular weight is 851 g/mol. The monoisotopic (exact) mass is 850 g/mol. The molecule has 10 rings (SSSR count). The number of para-hydroxylation sites is 2. The van der Waals surface area contributed by atoms with Gasteiger partial charge in [0.2, 0.25) is 23.1 Å². The van der Waals surface area contributed by atoms with Gasteiger partial charge >= 0.3 is 0 Å². The Morgan fingerprint density at radius 1 is 0.339 bits per heavy atom. The van der Waals surface area contributed by atoms with Crippen LogP contribution in [0, 0.1) is 0 Å². The minimum atomic E-state index is -1.27. The molecular formula is C54H44O6P2. The van der Waals surface area contributed by atoms with Crippen molar-refractivity contribution in [3.8, 4) is 57.1 Å². The second-order valence-corrected chi connectivity index (χ2v) is 20.3. The zero-order valence-corrected chi connectivity index (χ0v) is 36.6. The molecule has 0 bridgehead atoms. The van der Waals surface area contributed by atoms with E-state index in [1.807, 2.05) is 88.4 Å². The SMILES string of the molecule is CC1(C)Oc2c(Oc3ccccc3)cc(P(c3ccccc3)c3ccccc3)c(-c3c(P(c4ccccc4)c4ccccc4)cc(Oc4ccccc4)c4c3OC(C)(C)O4)c2O1. The number of rotatable bonds is 11. The normalized spacial score (nSPS) is 14.2. The smallest absolute Gasteiger partial charge is 0.246 e. The first-order valence-electron chi connectivity index (χ1n) is 20.7. The molecule has 8 aromatic carbocycles. The fourth-order valence-electron chi connectivity index (χ4n) is 8.00. The minimum Gasteiger partial charge on any atom is -0.453 e. The highest BCUT2D eigenvalue weighted by atomic mass is 31.1. The molecule has 8 aromatic rings. The topological polar surface area (TPSA) is 55.4 Å². The summed E-state index contributed by atoms with van der Waals surface area (Å²) in [5.74, 6) is 2.59. The van der Waals surface area contributed by atoms with E-state index in [1.54, 1.807) is 0 Å². The van der Waals surface area contributed by atoms with Crippen LogP contribution in [0.25, 0.3) is 11.1 Å². The van der Waals surface area contributed by atoms with Crippen molar-refractivity contribution in [3.63, 3.8) is 0 Å². The lowest BCUT2D eigenvalue weighted by Gasteiger charge is -2.29. The molecule has 2 aliphatic rings. The van der Waals surface area contributed by atoms with Crippen molar-refractivity contribution in [2.45, 2.75) is 39.3 Å². The molecule has 0 unspecified atom stereocenters. The number of fused-ring (bicyclic) bond motifs is 2. The Morgan fingerprint density at radius 2 is 0.597 bits per heavy atom. The molecule has 8 heteroatoms. The predicted molar refractivity (Wildman–Crippen MR) is 253 cm³/mol. The summed E-state index contributed by atoms with van der Waals surface area (Å²) in [5, 5.41) is 6.65. The molecular weight excluding hydrogens is 807 g/mol. The third kappa shape index (κ3) is 7.77. The van der Waals surface area contributed by atoms with Crippen LogP contribution in [0.4, 0.5) is 0 Å². The third-order valence-electron chi connectivity index (χ3n) is 10.5. The molecule has 2 aliphatic heterocycles.